The van der Waals surface area contributed by atoms with Crippen LogP contribution in [0.3, 0.4) is 0 Å². The van der Waals surface area contributed by atoms with Crippen molar-refractivity contribution in [2.45, 2.75) is 25.0 Å². The van der Waals surface area contributed by atoms with Crippen molar-refractivity contribution >= 4 is 5.71 Å². The number of benzene rings is 2. The summed E-state index contributed by atoms with van der Waals surface area (Å²) in [5.74, 6) is 1.41. The molecule has 0 radical (unpaired) electrons. The molecule has 5 heteroatoms. The van der Waals surface area contributed by atoms with E-state index in [2.05, 4.69) is 5.16 Å². The van der Waals surface area contributed by atoms with Gasteiger partial charge in [-0.15, -0.1) is 0 Å². The van der Waals surface area contributed by atoms with Gasteiger partial charge in [0.15, 0.2) is 17.1 Å². The van der Waals surface area contributed by atoms with Crippen molar-refractivity contribution in [3.05, 3.63) is 59.7 Å². The van der Waals surface area contributed by atoms with Crippen molar-refractivity contribution in [3.63, 3.8) is 0 Å². The van der Waals surface area contributed by atoms with Crippen LogP contribution in [0, 0.1) is 0 Å². The van der Waals surface area contributed by atoms with E-state index in [9.17, 15) is 0 Å². The topological polar surface area (TPSA) is 49.3 Å². The monoisotopic (exact) mass is 339 g/mol. The fourth-order valence-electron chi connectivity index (χ4n) is 3.18. The third kappa shape index (κ3) is 3.33. The van der Waals surface area contributed by atoms with Crippen molar-refractivity contribution < 1.29 is 19.0 Å². The molecule has 1 atom stereocenters. The smallest absolute Gasteiger partial charge is 0.168 e. The molecule has 0 aliphatic carbocycles. The van der Waals surface area contributed by atoms with Crippen LogP contribution in [0.25, 0.3) is 0 Å². The molecule has 2 aromatic rings. The lowest BCUT2D eigenvalue weighted by Gasteiger charge is -2.17. The van der Waals surface area contributed by atoms with E-state index in [1.54, 1.807) is 7.11 Å². The lowest BCUT2D eigenvalue weighted by atomic mass is 9.93. The Bertz CT molecular complexity index is 767. The van der Waals surface area contributed by atoms with Gasteiger partial charge in [0.05, 0.1) is 26.0 Å². The molecule has 1 unspecified atom stereocenters. The number of ether oxygens (including phenoxy) is 3. The van der Waals surface area contributed by atoms with Gasteiger partial charge in [-0.3, -0.25) is 0 Å². The summed E-state index contributed by atoms with van der Waals surface area (Å²) in [4.78, 5) is 5.67. The van der Waals surface area contributed by atoms with Gasteiger partial charge < -0.3 is 19.0 Å². The van der Waals surface area contributed by atoms with Gasteiger partial charge in [-0.05, 0) is 23.8 Å². The highest BCUT2D eigenvalue weighted by Gasteiger charge is 2.43. The van der Waals surface area contributed by atoms with Crippen molar-refractivity contribution in [1.82, 2.24) is 0 Å². The first-order valence-corrected chi connectivity index (χ1v) is 8.46. The molecule has 0 bridgehead atoms. The molecular weight excluding hydrogens is 318 g/mol. The molecule has 1 fully saturated rings. The summed E-state index contributed by atoms with van der Waals surface area (Å²) >= 11 is 0. The quantitative estimate of drug-likeness (QED) is 0.836. The molecule has 0 aromatic heterocycles. The third-order valence-corrected chi connectivity index (χ3v) is 4.64. The predicted octanol–water partition coefficient (Wildman–Crippen LogP) is 3.56. The summed E-state index contributed by atoms with van der Waals surface area (Å²) in [6.45, 7) is 1.84. The molecule has 1 saturated heterocycles. The molecule has 4 rings (SSSR count). The first-order chi connectivity index (χ1) is 12.3. The summed E-state index contributed by atoms with van der Waals surface area (Å²) in [7, 11) is 1.65. The molecule has 130 valence electrons. The maximum Gasteiger partial charge on any atom is 0.168 e. The molecule has 5 nitrogen and oxygen atoms in total. The highest BCUT2D eigenvalue weighted by atomic mass is 16.7. The summed E-state index contributed by atoms with van der Waals surface area (Å²) in [6, 6.07) is 15.9. The number of nitrogens with zero attached hydrogens (tertiary/aromatic N) is 1. The van der Waals surface area contributed by atoms with Crippen LogP contribution >= 0.6 is 0 Å². The Morgan fingerprint density at radius 1 is 1.12 bits per heavy atom. The van der Waals surface area contributed by atoms with E-state index in [-0.39, 0.29) is 5.60 Å². The Balaban J connectivity index is 1.48. The minimum Gasteiger partial charge on any atom is -0.493 e. The molecule has 2 aliphatic rings. The molecule has 0 amide bonds. The normalized spacial score (nSPS) is 21.9. The lowest BCUT2D eigenvalue weighted by Crippen LogP contribution is -2.29. The maximum atomic E-state index is 5.91. The number of rotatable bonds is 5. The van der Waals surface area contributed by atoms with Crippen LogP contribution in [0.5, 0.6) is 11.5 Å². The van der Waals surface area contributed by atoms with Gasteiger partial charge in [-0.1, -0.05) is 35.5 Å². The molecule has 2 aliphatic heterocycles. The standard InChI is InChI=1S/C20H21NO4/c1-22-19-11-16(17-12-20(25-21-17)9-10-23-14-20)7-8-18(19)24-13-15-5-3-2-4-6-15/h2-8,11H,9-10,12-14H2,1H3. The van der Waals surface area contributed by atoms with E-state index in [0.717, 1.165) is 36.3 Å². The molecular formula is C20H21NO4. The summed E-state index contributed by atoms with van der Waals surface area (Å²) in [6.07, 6.45) is 1.65. The predicted molar refractivity (Wildman–Crippen MR) is 94.2 cm³/mol. The van der Waals surface area contributed by atoms with Crippen LogP contribution in [-0.2, 0) is 16.2 Å². The second-order valence-corrected chi connectivity index (χ2v) is 6.43. The highest BCUT2D eigenvalue weighted by molar-refractivity contribution is 6.02. The summed E-state index contributed by atoms with van der Waals surface area (Å²) in [5, 5.41) is 4.28. The van der Waals surface area contributed by atoms with Crippen molar-refractivity contribution in [2.75, 3.05) is 20.3 Å². The Morgan fingerprint density at radius 2 is 2.00 bits per heavy atom. The van der Waals surface area contributed by atoms with E-state index >= 15 is 0 Å². The number of methoxy groups -OCH3 is 1. The maximum absolute atomic E-state index is 5.91. The third-order valence-electron chi connectivity index (χ3n) is 4.64. The molecule has 0 N–H and O–H groups in total. The van der Waals surface area contributed by atoms with Gasteiger partial charge in [0, 0.05) is 18.4 Å². The molecule has 2 aromatic carbocycles. The van der Waals surface area contributed by atoms with Crippen LogP contribution in [0.4, 0.5) is 0 Å². The van der Waals surface area contributed by atoms with Gasteiger partial charge in [0.1, 0.15) is 6.61 Å². The van der Waals surface area contributed by atoms with Crippen LogP contribution in [0.2, 0.25) is 0 Å². The first kappa shape index (κ1) is 16.0. The number of oxime groups is 1. The zero-order chi connectivity index (χ0) is 17.1. The van der Waals surface area contributed by atoms with Crippen LogP contribution in [0.1, 0.15) is 24.0 Å². The SMILES string of the molecule is COc1cc(C2=NOC3(CCOC3)C2)ccc1OCc1ccccc1. The zero-order valence-electron chi connectivity index (χ0n) is 14.2. The van der Waals surface area contributed by atoms with Crippen molar-refractivity contribution in [2.24, 2.45) is 5.16 Å². The van der Waals surface area contributed by atoms with Crippen molar-refractivity contribution in [1.29, 1.82) is 0 Å². The molecule has 0 saturated carbocycles. The first-order valence-electron chi connectivity index (χ1n) is 8.46. The second-order valence-electron chi connectivity index (χ2n) is 6.43. The highest BCUT2D eigenvalue weighted by Crippen LogP contribution is 2.36. The van der Waals surface area contributed by atoms with Gasteiger partial charge in [0.25, 0.3) is 0 Å². The van der Waals surface area contributed by atoms with E-state index in [1.165, 1.54) is 0 Å². The lowest BCUT2D eigenvalue weighted by molar-refractivity contribution is -0.0237. The van der Waals surface area contributed by atoms with Crippen molar-refractivity contribution in [3.8, 4) is 11.5 Å². The average Bonchev–Trinajstić information content (AvgIpc) is 3.31. The van der Waals surface area contributed by atoms with E-state index in [0.29, 0.717) is 24.7 Å². The zero-order valence-corrected chi connectivity index (χ0v) is 14.2. The fourth-order valence-corrected chi connectivity index (χ4v) is 3.18. The Morgan fingerprint density at radius 3 is 2.76 bits per heavy atom. The van der Waals surface area contributed by atoms with Gasteiger partial charge in [0.2, 0.25) is 0 Å². The molecule has 2 heterocycles. The van der Waals surface area contributed by atoms with Gasteiger partial charge >= 0.3 is 0 Å². The second kappa shape index (κ2) is 6.76. The summed E-state index contributed by atoms with van der Waals surface area (Å²) < 4.78 is 16.9. The minimum absolute atomic E-state index is 0.273. The minimum atomic E-state index is -0.273. The molecule has 25 heavy (non-hydrogen) atoms. The summed E-state index contributed by atoms with van der Waals surface area (Å²) in [5.41, 5.74) is 2.77. The van der Waals surface area contributed by atoms with E-state index in [1.807, 2.05) is 48.5 Å². The van der Waals surface area contributed by atoms with Crippen LogP contribution < -0.4 is 9.47 Å². The fraction of sp³-hybridized carbons (Fsp3) is 0.350. The van der Waals surface area contributed by atoms with E-state index < -0.39 is 0 Å². The van der Waals surface area contributed by atoms with E-state index in [4.69, 9.17) is 19.0 Å². The van der Waals surface area contributed by atoms with Gasteiger partial charge in [-0.2, -0.15) is 0 Å². The van der Waals surface area contributed by atoms with Crippen LogP contribution in [-0.4, -0.2) is 31.6 Å². The largest absolute Gasteiger partial charge is 0.493 e. The Hall–Kier alpha value is -2.53. The average molecular weight is 339 g/mol. The Kier molecular flexibility index (Phi) is 4.32. The molecule has 1 spiro atoms. The number of hydrogen-bond donors (Lipinski definition) is 0. The van der Waals surface area contributed by atoms with Crippen LogP contribution in [0.15, 0.2) is 53.7 Å². The van der Waals surface area contributed by atoms with Gasteiger partial charge in [-0.25, -0.2) is 0 Å². The number of hydrogen-bond acceptors (Lipinski definition) is 5. The Labute approximate surface area is 147 Å².